The van der Waals surface area contributed by atoms with Crippen molar-refractivity contribution < 1.29 is 4.79 Å². The van der Waals surface area contributed by atoms with Gasteiger partial charge in [-0.05, 0) is 76.8 Å². The van der Waals surface area contributed by atoms with Crippen LogP contribution in [0.25, 0.3) is 0 Å². The summed E-state index contributed by atoms with van der Waals surface area (Å²) in [5, 5.41) is 2.96. The van der Waals surface area contributed by atoms with Gasteiger partial charge in [-0.15, -0.1) is 0 Å². The van der Waals surface area contributed by atoms with Crippen molar-refractivity contribution in [2.75, 3.05) is 30.9 Å². The summed E-state index contributed by atoms with van der Waals surface area (Å²) in [6, 6.07) is 16.2. The summed E-state index contributed by atoms with van der Waals surface area (Å²) < 4.78 is 0. The number of nitrogens with zero attached hydrogens (tertiary/aromatic N) is 2. The Bertz CT molecular complexity index is 675. The zero-order chi connectivity index (χ0) is 18.4. The Morgan fingerprint density at radius 1 is 1.00 bits per heavy atom. The zero-order valence-corrected chi connectivity index (χ0v) is 15.9. The lowest BCUT2D eigenvalue weighted by atomic mass is 10.1. The second-order valence-corrected chi connectivity index (χ2v) is 6.82. The smallest absolute Gasteiger partial charge is 0.255 e. The predicted molar refractivity (Wildman–Crippen MR) is 106 cm³/mol. The fourth-order valence-corrected chi connectivity index (χ4v) is 2.91. The van der Waals surface area contributed by atoms with E-state index in [0.29, 0.717) is 11.6 Å². The van der Waals surface area contributed by atoms with Crippen molar-refractivity contribution in [2.45, 2.75) is 33.4 Å². The molecule has 0 aliphatic carbocycles. The van der Waals surface area contributed by atoms with Gasteiger partial charge in [-0.25, -0.2) is 0 Å². The topological polar surface area (TPSA) is 35.6 Å². The Kier molecular flexibility index (Phi) is 6.59. The van der Waals surface area contributed by atoms with Gasteiger partial charge in [0.25, 0.3) is 5.91 Å². The molecule has 0 aromatic heterocycles. The van der Waals surface area contributed by atoms with E-state index in [1.165, 1.54) is 11.3 Å². The van der Waals surface area contributed by atoms with Crippen molar-refractivity contribution in [3.63, 3.8) is 0 Å². The van der Waals surface area contributed by atoms with Crippen LogP contribution < -0.4 is 10.2 Å². The minimum absolute atomic E-state index is 0.0830. The van der Waals surface area contributed by atoms with E-state index in [1.807, 2.05) is 50.5 Å². The minimum atomic E-state index is -0.0830. The van der Waals surface area contributed by atoms with Crippen LogP contribution in [0.3, 0.4) is 0 Å². The van der Waals surface area contributed by atoms with Crippen molar-refractivity contribution in [3.05, 3.63) is 59.7 Å². The largest absolute Gasteiger partial charge is 0.369 e. The highest BCUT2D eigenvalue weighted by Gasteiger charge is 2.09. The third kappa shape index (κ3) is 5.33. The highest BCUT2D eigenvalue weighted by Crippen LogP contribution is 2.20. The summed E-state index contributed by atoms with van der Waals surface area (Å²) in [4.78, 5) is 16.8. The quantitative estimate of drug-likeness (QED) is 0.820. The fourth-order valence-electron chi connectivity index (χ4n) is 2.91. The maximum Gasteiger partial charge on any atom is 0.255 e. The Balaban J connectivity index is 2.03. The van der Waals surface area contributed by atoms with Gasteiger partial charge in [0, 0.05) is 36.1 Å². The minimum Gasteiger partial charge on any atom is -0.369 e. The van der Waals surface area contributed by atoms with Gasteiger partial charge in [-0.2, -0.15) is 0 Å². The molecular formula is C21H29N3O. The standard InChI is InChI=1S/C21H29N3O/c1-6-24(16(2)3)20-13-11-19(12-14-20)22-21(25)18-9-7-17(8-10-18)15-23(4)5/h7-14,16H,6,15H2,1-5H3,(H,22,25). The van der Waals surface area contributed by atoms with Crippen LogP contribution >= 0.6 is 0 Å². The van der Waals surface area contributed by atoms with Crippen LogP contribution in [0.1, 0.15) is 36.7 Å². The monoisotopic (exact) mass is 339 g/mol. The summed E-state index contributed by atoms with van der Waals surface area (Å²) in [5.41, 5.74) is 3.85. The van der Waals surface area contributed by atoms with E-state index in [9.17, 15) is 4.79 Å². The lowest BCUT2D eigenvalue weighted by Crippen LogP contribution is -2.30. The molecule has 0 fully saturated rings. The number of carbonyl (C=O) groups is 1. The maximum absolute atomic E-state index is 12.4. The molecule has 0 aliphatic rings. The van der Waals surface area contributed by atoms with Crippen molar-refractivity contribution in [1.82, 2.24) is 4.90 Å². The summed E-state index contributed by atoms with van der Waals surface area (Å²) in [5.74, 6) is -0.0830. The van der Waals surface area contributed by atoms with Crippen LogP contribution in [0.5, 0.6) is 0 Å². The fraction of sp³-hybridized carbons (Fsp3) is 0.381. The lowest BCUT2D eigenvalue weighted by molar-refractivity contribution is 0.102. The molecule has 1 amide bonds. The van der Waals surface area contributed by atoms with E-state index in [4.69, 9.17) is 0 Å². The Labute approximate surface area is 151 Å². The average molecular weight is 339 g/mol. The first-order valence-electron chi connectivity index (χ1n) is 8.82. The number of amides is 1. The van der Waals surface area contributed by atoms with E-state index < -0.39 is 0 Å². The second-order valence-electron chi connectivity index (χ2n) is 6.82. The molecule has 2 rings (SSSR count). The molecule has 0 radical (unpaired) electrons. The first-order chi connectivity index (χ1) is 11.9. The van der Waals surface area contributed by atoms with Gasteiger partial charge in [-0.3, -0.25) is 4.79 Å². The Morgan fingerprint density at radius 2 is 1.60 bits per heavy atom. The molecule has 4 heteroatoms. The van der Waals surface area contributed by atoms with Crippen LogP contribution in [0.2, 0.25) is 0 Å². The third-order valence-corrected chi connectivity index (χ3v) is 4.14. The molecule has 0 atom stereocenters. The molecule has 134 valence electrons. The predicted octanol–water partition coefficient (Wildman–Crippen LogP) is 4.24. The molecule has 0 aliphatic heterocycles. The van der Waals surface area contributed by atoms with E-state index in [-0.39, 0.29) is 5.91 Å². The number of anilines is 2. The average Bonchev–Trinajstić information content (AvgIpc) is 2.57. The van der Waals surface area contributed by atoms with Crippen molar-refractivity contribution >= 4 is 17.3 Å². The van der Waals surface area contributed by atoms with Gasteiger partial charge in [-0.1, -0.05) is 12.1 Å². The SMILES string of the molecule is CCN(c1ccc(NC(=O)c2ccc(CN(C)C)cc2)cc1)C(C)C. The molecule has 2 aromatic rings. The second kappa shape index (κ2) is 8.67. The summed E-state index contributed by atoms with van der Waals surface area (Å²) >= 11 is 0. The molecule has 0 spiro atoms. The first-order valence-corrected chi connectivity index (χ1v) is 8.82. The highest BCUT2D eigenvalue weighted by atomic mass is 16.1. The van der Waals surface area contributed by atoms with Crippen molar-refractivity contribution in [1.29, 1.82) is 0 Å². The van der Waals surface area contributed by atoms with E-state index in [0.717, 1.165) is 18.8 Å². The Hall–Kier alpha value is -2.33. The van der Waals surface area contributed by atoms with Gasteiger partial charge in [0.05, 0.1) is 0 Å². The highest BCUT2D eigenvalue weighted by molar-refractivity contribution is 6.04. The normalized spacial score (nSPS) is 11.0. The van der Waals surface area contributed by atoms with Crippen LogP contribution in [-0.4, -0.2) is 37.5 Å². The number of hydrogen-bond donors (Lipinski definition) is 1. The van der Waals surface area contributed by atoms with Crippen LogP contribution in [0.15, 0.2) is 48.5 Å². The molecule has 0 saturated carbocycles. The van der Waals surface area contributed by atoms with Gasteiger partial charge in [0.15, 0.2) is 0 Å². The van der Waals surface area contributed by atoms with E-state index in [2.05, 4.69) is 48.0 Å². The molecule has 0 unspecified atom stereocenters. The van der Waals surface area contributed by atoms with Crippen molar-refractivity contribution in [2.24, 2.45) is 0 Å². The summed E-state index contributed by atoms with van der Waals surface area (Å²) in [6.07, 6.45) is 0. The van der Waals surface area contributed by atoms with Gasteiger partial charge in [0.2, 0.25) is 0 Å². The zero-order valence-electron chi connectivity index (χ0n) is 15.9. The van der Waals surface area contributed by atoms with Crippen molar-refractivity contribution in [3.8, 4) is 0 Å². The molecule has 4 nitrogen and oxygen atoms in total. The number of benzene rings is 2. The molecular weight excluding hydrogens is 310 g/mol. The van der Waals surface area contributed by atoms with E-state index >= 15 is 0 Å². The summed E-state index contributed by atoms with van der Waals surface area (Å²) in [7, 11) is 4.06. The van der Waals surface area contributed by atoms with Gasteiger partial charge in [0.1, 0.15) is 0 Å². The maximum atomic E-state index is 12.4. The number of nitrogens with one attached hydrogen (secondary N) is 1. The Morgan fingerprint density at radius 3 is 2.08 bits per heavy atom. The van der Waals surface area contributed by atoms with Gasteiger partial charge < -0.3 is 15.1 Å². The molecule has 0 saturated heterocycles. The van der Waals surface area contributed by atoms with Gasteiger partial charge >= 0.3 is 0 Å². The third-order valence-electron chi connectivity index (χ3n) is 4.14. The molecule has 2 aromatic carbocycles. The van der Waals surface area contributed by atoms with Crippen LogP contribution in [0.4, 0.5) is 11.4 Å². The molecule has 1 N–H and O–H groups in total. The lowest BCUT2D eigenvalue weighted by Gasteiger charge is -2.27. The summed E-state index contributed by atoms with van der Waals surface area (Å²) in [6.45, 7) is 8.34. The van der Waals surface area contributed by atoms with Crippen LogP contribution in [-0.2, 0) is 6.54 Å². The molecule has 25 heavy (non-hydrogen) atoms. The molecule has 0 heterocycles. The van der Waals surface area contributed by atoms with Crippen LogP contribution in [0, 0.1) is 0 Å². The number of hydrogen-bond acceptors (Lipinski definition) is 3. The molecule has 0 bridgehead atoms. The number of carbonyl (C=O) groups excluding carboxylic acids is 1. The number of rotatable bonds is 7. The first kappa shape index (κ1) is 19.0. The van der Waals surface area contributed by atoms with E-state index in [1.54, 1.807) is 0 Å².